The molecule has 0 atom stereocenters. The second-order valence-electron chi connectivity index (χ2n) is 2.37. The average molecular weight is 256 g/mol. The van der Waals surface area contributed by atoms with Crippen molar-refractivity contribution in [3.63, 3.8) is 0 Å². The van der Waals surface area contributed by atoms with Gasteiger partial charge in [0.2, 0.25) is 5.82 Å². The Balaban J connectivity index is 0. The normalized spacial score (nSPS) is 11.1. The molecule has 3 nitrogen and oxygen atoms in total. The molecule has 0 amide bonds. The zero-order valence-corrected chi connectivity index (χ0v) is 8.38. The van der Waals surface area contributed by atoms with Crippen LogP contribution >= 0.6 is 0 Å². The van der Waals surface area contributed by atoms with Gasteiger partial charge in [-0.3, -0.25) is 4.55 Å². The molecule has 0 unspecified atom stereocenters. The first-order valence-electron chi connectivity index (χ1n) is 3.16. The summed E-state index contributed by atoms with van der Waals surface area (Å²) in [6.07, 6.45) is 0. The van der Waals surface area contributed by atoms with Crippen LogP contribution in [0.15, 0.2) is 4.90 Å². The number of halogens is 5. The van der Waals surface area contributed by atoms with Crippen LogP contribution in [0, 0.1) is 29.1 Å². The minimum atomic E-state index is -5.52. The summed E-state index contributed by atoms with van der Waals surface area (Å²) in [7, 11) is -5.52. The number of rotatable bonds is 1. The predicted octanol–water partition coefficient (Wildman–Crippen LogP) is -1.25. The maximum atomic E-state index is 12.6. The summed E-state index contributed by atoms with van der Waals surface area (Å²) in [5.74, 6) is -12.6. The van der Waals surface area contributed by atoms with Crippen molar-refractivity contribution in [3.8, 4) is 0 Å². The van der Waals surface area contributed by atoms with Gasteiger partial charge in [-0.05, 0) is 0 Å². The third kappa shape index (κ3) is 2.37. The summed E-state index contributed by atoms with van der Waals surface area (Å²) in [6, 6.07) is 0. The molecule has 1 N–H and O–H groups in total. The van der Waals surface area contributed by atoms with Gasteiger partial charge in [0.05, 0.1) is 0 Å². The molecule has 0 spiro atoms. The number of benzene rings is 1. The minimum Gasteiger partial charge on any atom is -1.00 e. The van der Waals surface area contributed by atoms with Crippen LogP contribution in [-0.4, -0.2) is 13.0 Å². The molecular formula is C6H2F5LiO3S. The molecule has 1 rings (SSSR count). The van der Waals surface area contributed by atoms with Crippen molar-refractivity contribution in [1.29, 1.82) is 0 Å². The van der Waals surface area contributed by atoms with E-state index in [1.165, 1.54) is 0 Å². The van der Waals surface area contributed by atoms with Gasteiger partial charge in [0, 0.05) is 0 Å². The van der Waals surface area contributed by atoms with Gasteiger partial charge in [-0.15, -0.1) is 0 Å². The molecule has 0 aliphatic carbocycles. The third-order valence-corrected chi connectivity index (χ3v) is 2.30. The Morgan fingerprint density at radius 3 is 1.31 bits per heavy atom. The van der Waals surface area contributed by atoms with Gasteiger partial charge in [0.25, 0.3) is 0 Å². The molecule has 10 heteroatoms. The van der Waals surface area contributed by atoms with E-state index in [2.05, 4.69) is 0 Å². The van der Waals surface area contributed by atoms with Gasteiger partial charge in [0.1, 0.15) is 0 Å². The van der Waals surface area contributed by atoms with E-state index in [0.29, 0.717) is 0 Å². The zero-order valence-electron chi connectivity index (χ0n) is 8.56. The molecule has 0 saturated heterocycles. The van der Waals surface area contributed by atoms with E-state index in [9.17, 15) is 30.4 Å². The second kappa shape index (κ2) is 4.71. The monoisotopic (exact) mass is 256 g/mol. The van der Waals surface area contributed by atoms with Gasteiger partial charge >= 0.3 is 29.0 Å². The summed E-state index contributed by atoms with van der Waals surface area (Å²) in [4.78, 5) is -2.26. The Labute approximate surface area is 99.7 Å². The van der Waals surface area contributed by atoms with Crippen LogP contribution in [0.25, 0.3) is 0 Å². The van der Waals surface area contributed by atoms with E-state index < -0.39 is 44.1 Å². The van der Waals surface area contributed by atoms with Crippen molar-refractivity contribution in [2.45, 2.75) is 4.90 Å². The molecule has 86 valence electrons. The minimum absolute atomic E-state index is 0. The number of hydrogen-bond donors (Lipinski definition) is 1. The van der Waals surface area contributed by atoms with Crippen LogP contribution in [0.2, 0.25) is 0 Å². The third-order valence-electron chi connectivity index (χ3n) is 1.43. The SMILES string of the molecule is O=S(=O)(O)c1c(F)c(F)c(F)c(F)c1F.[H-].[Li+]. The van der Waals surface area contributed by atoms with Crippen LogP contribution in [0.1, 0.15) is 1.43 Å². The van der Waals surface area contributed by atoms with Crippen molar-refractivity contribution in [2.24, 2.45) is 0 Å². The fourth-order valence-electron chi connectivity index (χ4n) is 0.811. The molecule has 0 radical (unpaired) electrons. The largest absolute Gasteiger partial charge is 1.00 e. The summed E-state index contributed by atoms with van der Waals surface area (Å²) in [5.41, 5.74) is 0. The molecule has 0 aliphatic rings. The van der Waals surface area contributed by atoms with Gasteiger partial charge in [-0.1, -0.05) is 0 Å². The Kier molecular flexibility index (Phi) is 4.52. The first kappa shape index (κ1) is 15.4. The Hall–Kier alpha value is -0.623. The first-order chi connectivity index (χ1) is 6.68. The van der Waals surface area contributed by atoms with Crippen molar-refractivity contribution >= 4 is 10.1 Å². The van der Waals surface area contributed by atoms with E-state index in [-0.39, 0.29) is 20.3 Å². The van der Waals surface area contributed by atoms with E-state index in [4.69, 9.17) is 4.55 Å². The van der Waals surface area contributed by atoms with E-state index in [0.717, 1.165) is 0 Å². The molecule has 1 aromatic rings. The smallest absolute Gasteiger partial charge is 1.00 e. The molecule has 0 bridgehead atoms. The molecule has 0 saturated carbocycles. The first-order valence-corrected chi connectivity index (χ1v) is 4.61. The summed E-state index contributed by atoms with van der Waals surface area (Å²) in [6.45, 7) is 0. The molecular weight excluding hydrogens is 254 g/mol. The van der Waals surface area contributed by atoms with Gasteiger partial charge in [0.15, 0.2) is 28.2 Å². The molecule has 0 aliphatic heterocycles. The van der Waals surface area contributed by atoms with Crippen LogP contribution in [0.3, 0.4) is 0 Å². The summed E-state index contributed by atoms with van der Waals surface area (Å²) < 4.78 is 91.3. The zero-order chi connectivity index (χ0) is 12.0. The standard InChI is InChI=1S/C6HF5O3S.Li.H/c7-1-2(8)4(10)6(15(12,13)14)5(11)3(1)9;;/h(H,12,13,14);;/q;+1;-1. The van der Waals surface area contributed by atoms with Crippen molar-refractivity contribution in [3.05, 3.63) is 29.1 Å². The van der Waals surface area contributed by atoms with Crippen molar-refractivity contribution in [1.82, 2.24) is 0 Å². The fraction of sp³-hybridized carbons (Fsp3) is 0. The number of hydrogen-bond acceptors (Lipinski definition) is 2. The average Bonchev–Trinajstić information content (AvgIpc) is 2.09. The summed E-state index contributed by atoms with van der Waals surface area (Å²) >= 11 is 0. The topological polar surface area (TPSA) is 54.4 Å². The fourth-order valence-corrected chi connectivity index (χ4v) is 1.44. The van der Waals surface area contributed by atoms with Crippen LogP contribution in [0.4, 0.5) is 22.0 Å². The van der Waals surface area contributed by atoms with Crippen LogP contribution < -0.4 is 18.9 Å². The van der Waals surface area contributed by atoms with E-state index in [1.807, 2.05) is 0 Å². The Morgan fingerprint density at radius 2 is 1.06 bits per heavy atom. The van der Waals surface area contributed by atoms with Crippen LogP contribution in [-0.2, 0) is 10.1 Å². The van der Waals surface area contributed by atoms with E-state index >= 15 is 0 Å². The van der Waals surface area contributed by atoms with Gasteiger partial charge in [-0.25, -0.2) is 22.0 Å². The maximum Gasteiger partial charge on any atom is 1.00 e. The Morgan fingerprint density at radius 1 is 0.812 bits per heavy atom. The van der Waals surface area contributed by atoms with Crippen LogP contribution in [0.5, 0.6) is 0 Å². The molecule has 16 heavy (non-hydrogen) atoms. The van der Waals surface area contributed by atoms with Gasteiger partial charge < -0.3 is 1.43 Å². The molecule has 0 heterocycles. The van der Waals surface area contributed by atoms with Crippen molar-refractivity contribution < 1.29 is 55.2 Å². The van der Waals surface area contributed by atoms with E-state index in [1.54, 1.807) is 0 Å². The molecule has 0 fully saturated rings. The predicted molar refractivity (Wildman–Crippen MR) is 37.2 cm³/mol. The van der Waals surface area contributed by atoms with Gasteiger partial charge in [-0.2, -0.15) is 8.42 Å². The van der Waals surface area contributed by atoms with Crippen molar-refractivity contribution in [2.75, 3.05) is 0 Å². The quantitative estimate of drug-likeness (QED) is 0.224. The Bertz CT molecular complexity index is 506. The summed E-state index contributed by atoms with van der Waals surface area (Å²) in [5, 5.41) is 0. The second-order valence-corrected chi connectivity index (χ2v) is 3.73. The molecule has 1 aromatic carbocycles. The maximum absolute atomic E-state index is 12.6. The molecule has 0 aromatic heterocycles.